The zero-order chi connectivity index (χ0) is 21.2. The topological polar surface area (TPSA) is 73.2 Å². The number of ether oxygens (including phenoxy) is 1. The number of nitrogens with one attached hydrogen (secondary N) is 1. The van der Waals surface area contributed by atoms with Crippen molar-refractivity contribution in [2.75, 3.05) is 12.4 Å². The largest absolute Gasteiger partial charge is 0.494 e. The monoisotopic (exact) mass is 407 g/mol. The highest BCUT2D eigenvalue weighted by Crippen LogP contribution is 2.30. The number of hydrogen-bond acceptors (Lipinski definition) is 4. The third-order valence-electron chi connectivity index (χ3n) is 3.85. The number of halogens is 4. The smallest absolute Gasteiger partial charge is 0.416 e. The van der Waals surface area contributed by atoms with E-state index in [-0.39, 0.29) is 22.8 Å². The van der Waals surface area contributed by atoms with Crippen molar-refractivity contribution in [2.24, 2.45) is 0 Å². The quantitative estimate of drug-likeness (QED) is 0.670. The summed E-state index contributed by atoms with van der Waals surface area (Å²) in [5.41, 5.74) is -1.86. The summed E-state index contributed by atoms with van der Waals surface area (Å²) in [5, 5.41) is 6.23. The van der Waals surface area contributed by atoms with Gasteiger partial charge in [0.05, 0.1) is 24.4 Å². The molecule has 0 unspecified atom stereocenters. The van der Waals surface area contributed by atoms with Gasteiger partial charge in [-0.2, -0.15) is 23.0 Å². The SMILES string of the molecule is COc1cc(=O)n(-c2ccc(F)cc2)nc1C(=O)Nc1cccc(C(F)(F)F)c1. The predicted molar refractivity (Wildman–Crippen MR) is 95.7 cm³/mol. The lowest BCUT2D eigenvalue weighted by Crippen LogP contribution is -2.26. The summed E-state index contributed by atoms with van der Waals surface area (Å²) in [5.74, 6) is -1.59. The van der Waals surface area contributed by atoms with Gasteiger partial charge < -0.3 is 10.1 Å². The average molecular weight is 407 g/mol. The Balaban J connectivity index is 1.99. The van der Waals surface area contributed by atoms with Crippen LogP contribution >= 0.6 is 0 Å². The van der Waals surface area contributed by atoms with E-state index in [0.717, 1.165) is 41.1 Å². The molecule has 0 aliphatic carbocycles. The fraction of sp³-hybridized carbons (Fsp3) is 0.105. The second-order valence-corrected chi connectivity index (χ2v) is 5.82. The van der Waals surface area contributed by atoms with Crippen LogP contribution in [0.5, 0.6) is 5.75 Å². The molecule has 0 spiro atoms. The molecule has 150 valence electrons. The van der Waals surface area contributed by atoms with E-state index < -0.39 is 29.0 Å². The van der Waals surface area contributed by atoms with E-state index in [0.29, 0.717) is 0 Å². The minimum Gasteiger partial charge on any atom is -0.494 e. The number of methoxy groups -OCH3 is 1. The molecule has 2 aromatic carbocycles. The Kier molecular flexibility index (Phi) is 5.35. The number of aromatic nitrogens is 2. The van der Waals surface area contributed by atoms with Crippen molar-refractivity contribution in [3.8, 4) is 11.4 Å². The van der Waals surface area contributed by atoms with Crippen LogP contribution in [0, 0.1) is 5.82 Å². The number of benzene rings is 2. The molecule has 0 aliphatic rings. The first-order valence-electron chi connectivity index (χ1n) is 8.12. The van der Waals surface area contributed by atoms with Crippen LogP contribution in [0.2, 0.25) is 0 Å². The molecule has 3 rings (SSSR count). The molecule has 6 nitrogen and oxygen atoms in total. The van der Waals surface area contributed by atoms with Gasteiger partial charge in [-0.3, -0.25) is 9.59 Å². The lowest BCUT2D eigenvalue weighted by Gasteiger charge is -2.12. The first-order valence-corrected chi connectivity index (χ1v) is 8.12. The Bertz CT molecular complexity index is 1110. The van der Waals surface area contributed by atoms with Crippen molar-refractivity contribution < 1.29 is 27.1 Å². The number of carbonyl (C=O) groups is 1. The van der Waals surface area contributed by atoms with Crippen LogP contribution in [0.25, 0.3) is 5.69 Å². The Morgan fingerprint density at radius 3 is 2.41 bits per heavy atom. The number of hydrogen-bond donors (Lipinski definition) is 1. The van der Waals surface area contributed by atoms with Gasteiger partial charge in [0.1, 0.15) is 5.82 Å². The van der Waals surface area contributed by atoms with Crippen molar-refractivity contribution in [3.63, 3.8) is 0 Å². The van der Waals surface area contributed by atoms with Gasteiger partial charge in [0.25, 0.3) is 11.5 Å². The van der Waals surface area contributed by atoms with Crippen LogP contribution in [0.15, 0.2) is 59.4 Å². The molecule has 0 bridgehead atoms. The Labute approximate surface area is 161 Å². The molecule has 0 radical (unpaired) electrons. The summed E-state index contributed by atoms with van der Waals surface area (Å²) in [6.45, 7) is 0. The maximum absolute atomic E-state index is 13.1. The summed E-state index contributed by atoms with van der Waals surface area (Å²) < 4.78 is 57.5. The van der Waals surface area contributed by atoms with Gasteiger partial charge in [0, 0.05) is 5.69 Å². The molecule has 1 N–H and O–H groups in total. The van der Waals surface area contributed by atoms with Crippen molar-refractivity contribution in [2.45, 2.75) is 6.18 Å². The average Bonchev–Trinajstić information content (AvgIpc) is 2.68. The molecule has 0 atom stereocenters. The van der Waals surface area contributed by atoms with Crippen molar-refractivity contribution in [1.82, 2.24) is 9.78 Å². The third kappa shape index (κ3) is 4.42. The molecule has 0 fully saturated rings. The molecule has 1 aromatic heterocycles. The lowest BCUT2D eigenvalue weighted by atomic mass is 10.2. The van der Waals surface area contributed by atoms with Gasteiger partial charge >= 0.3 is 6.18 Å². The van der Waals surface area contributed by atoms with Crippen LogP contribution in [0.3, 0.4) is 0 Å². The van der Waals surface area contributed by atoms with E-state index in [9.17, 15) is 27.2 Å². The van der Waals surface area contributed by atoms with E-state index in [1.165, 1.54) is 25.3 Å². The minimum absolute atomic E-state index is 0.117. The molecular weight excluding hydrogens is 394 g/mol. The van der Waals surface area contributed by atoms with E-state index in [1.54, 1.807) is 0 Å². The van der Waals surface area contributed by atoms with Crippen LogP contribution in [0.1, 0.15) is 16.1 Å². The van der Waals surface area contributed by atoms with Crippen molar-refractivity contribution in [3.05, 3.63) is 82.0 Å². The van der Waals surface area contributed by atoms with E-state index >= 15 is 0 Å². The number of rotatable bonds is 4. The second kappa shape index (κ2) is 7.74. The zero-order valence-corrected chi connectivity index (χ0v) is 14.8. The van der Waals surface area contributed by atoms with Gasteiger partial charge in [0.15, 0.2) is 11.4 Å². The fourth-order valence-electron chi connectivity index (χ4n) is 2.48. The number of nitrogens with zero attached hydrogens (tertiary/aromatic N) is 2. The Morgan fingerprint density at radius 1 is 1.10 bits per heavy atom. The molecule has 1 heterocycles. The van der Waals surface area contributed by atoms with E-state index in [4.69, 9.17) is 4.74 Å². The summed E-state index contributed by atoms with van der Waals surface area (Å²) in [6, 6.07) is 9.82. The highest BCUT2D eigenvalue weighted by Gasteiger charge is 2.30. The minimum atomic E-state index is -4.58. The van der Waals surface area contributed by atoms with Gasteiger partial charge in [0.2, 0.25) is 0 Å². The van der Waals surface area contributed by atoms with E-state index in [2.05, 4.69) is 10.4 Å². The van der Waals surface area contributed by atoms with Gasteiger partial charge in [-0.25, -0.2) is 4.39 Å². The summed E-state index contributed by atoms with van der Waals surface area (Å²) in [4.78, 5) is 24.8. The molecule has 3 aromatic rings. The number of amides is 1. The predicted octanol–water partition coefficient (Wildman–Crippen LogP) is 3.65. The van der Waals surface area contributed by atoms with Crippen LogP contribution in [0.4, 0.5) is 23.2 Å². The van der Waals surface area contributed by atoms with Crippen LogP contribution in [-0.2, 0) is 6.18 Å². The Hall–Kier alpha value is -3.69. The van der Waals surface area contributed by atoms with Gasteiger partial charge in [-0.15, -0.1) is 0 Å². The molecule has 0 aliphatic heterocycles. The molecular formula is C19H13F4N3O3. The summed E-state index contributed by atoms with van der Waals surface area (Å²) >= 11 is 0. The first kappa shape index (κ1) is 20.1. The maximum atomic E-state index is 13.1. The third-order valence-corrected chi connectivity index (χ3v) is 3.85. The normalized spacial score (nSPS) is 11.2. The maximum Gasteiger partial charge on any atom is 0.416 e. The summed E-state index contributed by atoms with van der Waals surface area (Å²) in [6.07, 6.45) is -4.58. The van der Waals surface area contributed by atoms with Crippen LogP contribution in [-0.4, -0.2) is 22.8 Å². The molecule has 0 saturated heterocycles. The van der Waals surface area contributed by atoms with E-state index in [1.807, 2.05) is 0 Å². The van der Waals surface area contributed by atoms with Gasteiger partial charge in [-0.05, 0) is 42.5 Å². The lowest BCUT2D eigenvalue weighted by molar-refractivity contribution is -0.137. The van der Waals surface area contributed by atoms with Crippen molar-refractivity contribution in [1.29, 1.82) is 0 Å². The zero-order valence-electron chi connectivity index (χ0n) is 14.8. The Morgan fingerprint density at radius 2 is 1.79 bits per heavy atom. The highest BCUT2D eigenvalue weighted by molar-refractivity contribution is 6.04. The number of carbonyl (C=O) groups excluding carboxylic acids is 1. The van der Waals surface area contributed by atoms with Crippen LogP contribution < -0.4 is 15.6 Å². The van der Waals surface area contributed by atoms with Crippen molar-refractivity contribution >= 4 is 11.6 Å². The molecule has 1 amide bonds. The standard InChI is InChI=1S/C19H13F4N3O3/c1-29-15-10-16(27)26(14-7-5-12(20)6-8-14)25-17(15)18(28)24-13-4-2-3-11(9-13)19(21,22)23/h2-10H,1H3,(H,24,28). The second-order valence-electron chi connectivity index (χ2n) is 5.82. The number of alkyl halides is 3. The molecule has 10 heteroatoms. The molecule has 0 saturated carbocycles. The first-order chi connectivity index (χ1) is 13.7. The summed E-state index contributed by atoms with van der Waals surface area (Å²) in [7, 11) is 1.21. The number of anilines is 1. The van der Waals surface area contributed by atoms with Gasteiger partial charge in [-0.1, -0.05) is 6.07 Å². The fourth-order valence-corrected chi connectivity index (χ4v) is 2.48. The molecule has 29 heavy (non-hydrogen) atoms. The highest BCUT2D eigenvalue weighted by atomic mass is 19.4.